The Morgan fingerprint density at radius 3 is 2.34 bits per heavy atom. The summed E-state index contributed by atoms with van der Waals surface area (Å²) in [5, 5.41) is 27.6. The number of ether oxygens (including phenoxy) is 1. The van der Waals surface area contributed by atoms with Crippen LogP contribution in [0.1, 0.15) is 64.4 Å². The number of nitrogens with two attached hydrogens (primary N) is 1. The van der Waals surface area contributed by atoms with Crippen LogP contribution in [0.4, 0.5) is 5.69 Å². The number of aromatic nitrogens is 3. The summed E-state index contributed by atoms with van der Waals surface area (Å²) >= 11 is 4.45. The van der Waals surface area contributed by atoms with Crippen LogP contribution in [0.3, 0.4) is 0 Å². The Kier molecular flexibility index (Phi) is 16.2. The summed E-state index contributed by atoms with van der Waals surface area (Å²) in [5.41, 5.74) is 10.9. The number of amides is 1. The van der Waals surface area contributed by atoms with Crippen molar-refractivity contribution in [2.45, 2.75) is 55.5 Å². The maximum absolute atomic E-state index is 13.4. The zero-order valence-corrected chi connectivity index (χ0v) is 37.1. The van der Waals surface area contributed by atoms with Crippen molar-refractivity contribution in [2.24, 2.45) is 5.73 Å². The van der Waals surface area contributed by atoms with Gasteiger partial charge in [-0.3, -0.25) is 9.59 Å². The summed E-state index contributed by atoms with van der Waals surface area (Å²) in [7, 11) is 5.99. The third-order valence-electron chi connectivity index (χ3n) is 11.1. The molecule has 0 aliphatic heterocycles. The average Bonchev–Trinajstić information content (AvgIpc) is 3.89. The van der Waals surface area contributed by atoms with Crippen LogP contribution in [0, 0.1) is 0 Å². The van der Waals surface area contributed by atoms with E-state index in [2.05, 4.69) is 76.1 Å². The number of fused-ring (bicyclic) bond motifs is 3. The number of likely N-dealkylation sites (N-methyl/N-ethyl adjacent to an activating group) is 1. The molecule has 1 amide bonds. The van der Waals surface area contributed by atoms with E-state index < -0.39 is 30.5 Å². The lowest BCUT2D eigenvalue weighted by molar-refractivity contribution is -0.140. The number of aldehydes is 1. The molecule has 334 valence electrons. The van der Waals surface area contributed by atoms with Crippen LogP contribution < -0.4 is 26.0 Å². The van der Waals surface area contributed by atoms with Crippen LogP contribution in [0.15, 0.2) is 108 Å². The fourth-order valence-corrected chi connectivity index (χ4v) is 8.18. The van der Waals surface area contributed by atoms with Crippen molar-refractivity contribution in [1.82, 2.24) is 25.2 Å². The number of nitrogens with one attached hydrogen (secondary N) is 3. The van der Waals surface area contributed by atoms with E-state index in [9.17, 15) is 24.3 Å². The summed E-state index contributed by atoms with van der Waals surface area (Å²) in [4.78, 5) is 58.9. The van der Waals surface area contributed by atoms with E-state index in [1.54, 1.807) is 48.7 Å². The number of carboxylic acid groups (broad SMARTS) is 2. The van der Waals surface area contributed by atoms with Gasteiger partial charge in [-0.2, -0.15) is 0 Å². The van der Waals surface area contributed by atoms with Gasteiger partial charge < -0.3 is 45.8 Å². The highest BCUT2D eigenvalue weighted by Gasteiger charge is 2.26. The van der Waals surface area contributed by atoms with Crippen molar-refractivity contribution >= 4 is 75.2 Å². The van der Waals surface area contributed by atoms with E-state index in [-0.39, 0.29) is 18.0 Å². The third-order valence-corrected chi connectivity index (χ3v) is 11.5. The minimum Gasteiger partial charge on any atom is -0.482 e. The molecule has 64 heavy (non-hydrogen) atoms. The smallest absolute Gasteiger partial charge is 0.341 e. The van der Waals surface area contributed by atoms with E-state index in [1.165, 1.54) is 22.9 Å². The summed E-state index contributed by atoms with van der Waals surface area (Å²) in [6.45, 7) is 1.15. The number of hydrogen-bond donors (Lipinski definition) is 7. The Balaban J connectivity index is 0.000000296. The van der Waals surface area contributed by atoms with Crippen molar-refractivity contribution in [3.05, 3.63) is 120 Å². The van der Waals surface area contributed by atoms with E-state index in [4.69, 9.17) is 20.6 Å². The lowest BCUT2D eigenvalue weighted by atomic mass is 9.94. The zero-order chi connectivity index (χ0) is 45.8. The van der Waals surface area contributed by atoms with Crippen molar-refractivity contribution in [1.29, 1.82) is 0 Å². The molecule has 14 nitrogen and oxygen atoms in total. The number of carbonyl (C=O) groups is 4. The van der Waals surface area contributed by atoms with Gasteiger partial charge in [-0.1, -0.05) is 67.8 Å². The van der Waals surface area contributed by atoms with Crippen molar-refractivity contribution < 1.29 is 34.1 Å². The average molecular weight is 886 g/mol. The van der Waals surface area contributed by atoms with Gasteiger partial charge >= 0.3 is 11.9 Å². The Labute approximate surface area is 377 Å². The second kappa shape index (κ2) is 22.1. The number of hydrogen-bond acceptors (Lipinski definition) is 10. The van der Waals surface area contributed by atoms with Crippen molar-refractivity contribution in [2.75, 3.05) is 45.7 Å². The SMILES string of the molecule is CN(C)c1cccc2c(S)cccc12.CNCCN.O=Cc1ccc(-c2nc3cc(C(=O)N[C@@H](Cc4c[nH]c5ccc(OCC(=O)O)cc45)C(=O)O)ccc3n2C2CCCCC2)cc1. The number of rotatable bonds is 14. The highest BCUT2D eigenvalue weighted by atomic mass is 32.1. The molecule has 5 aromatic carbocycles. The Morgan fingerprint density at radius 1 is 0.953 bits per heavy atom. The Hall–Kier alpha value is -6.68. The quantitative estimate of drug-likeness (QED) is 0.0416. The molecule has 1 atom stereocenters. The van der Waals surface area contributed by atoms with Gasteiger partial charge in [0.1, 0.15) is 23.9 Å². The fourth-order valence-electron chi connectivity index (χ4n) is 7.90. The van der Waals surface area contributed by atoms with Gasteiger partial charge in [-0.05, 0) is 79.4 Å². The fraction of sp³-hybridized carbons (Fsp3) is 0.286. The van der Waals surface area contributed by atoms with Crippen LogP contribution in [0.5, 0.6) is 5.75 Å². The van der Waals surface area contributed by atoms with Crippen molar-refractivity contribution in [3.8, 4) is 17.1 Å². The molecule has 0 radical (unpaired) electrons. The molecule has 8 rings (SSSR count). The zero-order valence-electron chi connectivity index (χ0n) is 36.2. The normalized spacial score (nSPS) is 13.0. The number of aliphatic carboxylic acids is 2. The summed E-state index contributed by atoms with van der Waals surface area (Å²) in [6, 6.07) is 29.0. The maximum atomic E-state index is 13.4. The van der Waals surface area contributed by atoms with Crippen LogP contribution in [0.2, 0.25) is 0 Å². The topological polar surface area (TPSA) is 205 Å². The van der Waals surface area contributed by atoms with E-state index in [0.29, 0.717) is 27.8 Å². The highest BCUT2D eigenvalue weighted by Crippen LogP contribution is 2.36. The number of aromatic amines is 1. The predicted octanol–water partition coefficient (Wildman–Crippen LogP) is 7.75. The first-order valence-corrected chi connectivity index (χ1v) is 21.7. The predicted molar refractivity (Wildman–Crippen MR) is 255 cm³/mol. The summed E-state index contributed by atoms with van der Waals surface area (Å²) in [5.74, 6) is -1.75. The third kappa shape index (κ3) is 11.5. The molecule has 1 aliphatic carbocycles. The molecule has 0 bridgehead atoms. The lowest BCUT2D eigenvalue weighted by Gasteiger charge is -2.25. The molecule has 2 heterocycles. The number of anilines is 1. The minimum atomic E-state index is -1.23. The number of imidazole rings is 1. The Morgan fingerprint density at radius 2 is 1.69 bits per heavy atom. The maximum Gasteiger partial charge on any atom is 0.341 e. The van der Waals surface area contributed by atoms with Gasteiger partial charge in [0, 0.05) is 89.4 Å². The first-order chi connectivity index (χ1) is 30.9. The number of carboxylic acids is 2. The minimum absolute atomic E-state index is 0.0110. The number of H-pyrrole nitrogens is 1. The number of benzene rings is 5. The molecule has 2 aromatic heterocycles. The molecule has 1 aliphatic rings. The van der Waals surface area contributed by atoms with E-state index in [1.807, 2.05) is 37.4 Å². The summed E-state index contributed by atoms with van der Waals surface area (Å²) < 4.78 is 7.51. The summed E-state index contributed by atoms with van der Waals surface area (Å²) in [6.07, 6.45) is 7.94. The number of carbonyl (C=O) groups excluding carboxylic acids is 2. The lowest BCUT2D eigenvalue weighted by Crippen LogP contribution is -2.42. The molecular weight excluding hydrogens is 831 g/mol. The molecule has 7 aromatic rings. The van der Waals surface area contributed by atoms with Crippen LogP contribution in [0.25, 0.3) is 44.1 Å². The Bertz CT molecular complexity index is 2720. The molecule has 1 saturated carbocycles. The van der Waals surface area contributed by atoms with Gasteiger partial charge in [0.25, 0.3) is 5.91 Å². The molecule has 0 unspecified atom stereocenters. The van der Waals surface area contributed by atoms with Gasteiger partial charge in [0.05, 0.1) is 11.0 Å². The van der Waals surface area contributed by atoms with Crippen LogP contribution in [-0.2, 0) is 16.0 Å². The van der Waals surface area contributed by atoms with Crippen LogP contribution >= 0.6 is 12.6 Å². The van der Waals surface area contributed by atoms with Gasteiger partial charge in [0.2, 0.25) is 0 Å². The van der Waals surface area contributed by atoms with Crippen molar-refractivity contribution in [3.63, 3.8) is 0 Å². The molecule has 7 N–H and O–H groups in total. The van der Waals surface area contributed by atoms with Gasteiger partial charge in [-0.25, -0.2) is 14.6 Å². The van der Waals surface area contributed by atoms with E-state index in [0.717, 1.165) is 72.4 Å². The van der Waals surface area contributed by atoms with Gasteiger partial charge in [-0.15, -0.1) is 12.6 Å². The largest absolute Gasteiger partial charge is 0.482 e. The van der Waals surface area contributed by atoms with Crippen LogP contribution in [-0.4, -0.2) is 95.8 Å². The molecule has 1 fully saturated rings. The van der Waals surface area contributed by atoms with Gasteiger partial charge in [0.15, 0.2) is 6.61 Å². The molecule has 0 spiro atoms. The van der Waals surface area contributed by atoms with E-state index >= 15 is 0 Å². The second-order valence-corrected chi connectivity index (χ2v) is 16.2. The monoisotopic (exact) mass is 885 g/mol. The number of nitrogens with zero attached hydrogens (tertiary/aromatic N) is 3. The number of thiol groups is 1. The first kappa shape index (κ1) is 46.8. The second-order valence-electron chi connectivity index (χ2n) is 15.7. The molecular formula is C49H55N7O7S. The first-order valence-electron chi connectivity index (χ1n) is 21.2. The standard InChI is InChI=1S/C34H32N4O7.C12H13NS.C3H10N2/c39-18-20-6-8-21(9-7-20)32-36-28-14-22(10-13-30(28)38(32)24-4-2-1-3-5-24)33(42)37-29(34(43)44)15-23-17-35-27-12-11-25(16-26(23)27)45-19-31(40)41;1-13(2)11-7-3-6-10-9(11)5-4-8-12(10)14;1-5-3-2-4/h6-14,16-18,24,29,35H,1-5,15,19H2,(H,37,42)(H,40,41)(H,43,44);3-8,14H,1-2H3;5H,2-4H2,1H3/t29-;;/m0../s1. The molecule has 15 heteroatoms. The molecule has 0 saturated heterocycles. The highest BCUT2D eigenvalue weighted by molar-refractivity contribution is 7.80.